The van der Waals surface area contributed by atoms with E-state index in [1.54, 1.807) is 25.3 Å². The molecule has 0 unspecified atom stereocenters. The summed E-state index contributed by atoms with van der Waals surface area (Å²) in [4.78, 5) is 0.158. The van der Waals surface area contributed by atoms with Crippen molar-refractivity contribution < 1.29 is 13.2 Å². The van der Waals surface area contributed by atoms with Crippen LogP contribution in [0.1, 0.15) is 28.8 Å². The number of ether oxygens (including phenoxy) is 1. The average molecular weight is 498 g/mol. The summed E-state index contributed by atoms with van der Waals surface area (Å²) in [6.07, 6.45) is 2.65. The quantitative estimate of drug-likeness (QED) is 0.360. The van der Waals surface area contributed by atoms with Gasteiger partial charge in [0.15, 0.2) is 0 Å². The highest BCUT2D eigenvalue weighted by Gasteiger charge is 2.28. The van der Waals surface area contributed by atoms with E-state index in [0.717, 1.165) is 29.1 Å². The first-order chi connectivity index (χ1) is 17.4. The van der Waals surface area contributed by atoms with Crippen LogP contribution in [0, 0.1) is 18.3 Å². The summed E-state index contributed by atoms with van der Waals surface area (Å²) in [5.74, 6) is 0.833. The smallest absolute Gasteiger partial charge is 0.243 e. The zero-order valence-electron chi connectivity index (χ0n) is 20.3. The van der Waals surface area contributed by atoms with Crippen LogP contribution in [-0.2, 0) is 16.6 Å². The van der Waals surface area contributed by atoms with Crippen molar-refractivity contribution in [2.75, 3.05) is 20.2 Å². The molecule has 1 aliphatic heterocycles. The van der Waals surface area contributed by atoms with Crippen molar-refractivity contribution in [2.24, 2.45) is 0 Å². The fourth-order valence-corrected chi connectivity index (χ4v) is 6.35. The Morgan fingerprint density at radius 2 is 1.81 bits per heavy atom. The minimum atomic E-state index is -3.67. The third-order valence-electron chi connectivity index (χ3n) is 6.82. The van der Waals surface area contributed by atoms with Crippen LogP contribution in [0.4, 0.5) is 0 Å². The van der Waals surface area contributed by atoms with Crippen LogP contribution in [0.5, 0.6) is 5.75 Å². The molecule has 0 fully saturated rings. The molecule has 1 aliphatic rings. The largest absolute Gasteiger partial charge is 0.497 e. The van der Waals surface area contributed by atoms with E-state index >= 15 is 0 Å². The number of para-hydroxylation sites is 1. The summed E-state index contributed by atoms with van der Waals surface area (Å²) in [6, 6.07) is 24.7. The van der Waals surface area contributed by atoms with Crippen molar-refractivity contribution in [1.82, 2.24) is 8.87 Å². The second kappa shape index (κ2) is 9.65. The van der Waals surface area contributed by atoms with Gasteiger partial charge < -0.3 is 9.30 Å². The van der Waals surface area contributed by atoms with E-state index in [9.17, 15) is 8.42 Å². The molecule has 4 aromatic rings. The fraction of sp³-hybridized carbons (Fsp3) is 0.207. The molecule has 5 rings (SSSR count). The van der Waals surface area contributed by atoms with Gasteiger partial charge in [0.1, 0.15) is 5.75 Å². The van der Waals surface area contributed by atoms with E-state index in [2.05, 4.69) is 41.8 Å². The van der Waals surface area contributed by atoms with Crippen molar-refractivity contribution in [1.29, 1.82) is 5.26 Å². The van der Waals surface area contributed by atoms with E-state index in [4.69, 9.17) is 10.00 Å². The van der Waals surface area contributed by atoms with Crippen LogP contribution >= 0.6 is 0 Å². The SMILES string of the molecule is COc1ccc(Cn2c(C)c(C3=CCN(S(=O)(=O)c4cccc(C#N)c4)CC3)c3ccccc32)cc1. The zero-order chi connectivity index (χ0) is 25.3. The number of nitrogens with zero attached hydrogens (tertiary/aromatic N) is 3. The van der Waals surface area contributed by atoms with Crippen LogP contribution in [0.2, 0.25) is 0 Å². The fourth-order valence-electron chi connectivity index (χ4n) is 4.92. The van der Waals surface area contributed by atoms with Gasteiger partial charge in [-0.05, 0) is 60.9 Å². The molecule has 0 spiro atoms. The Kier molecular flexibility index (Phi) is 6.40. The van der Waals surface area contributed by atoms with Gasteiger partial charge in [-0.25, -0.2) is 8.42 Å². The molecule has 0 amide bonds. The van der Waals surface area contributed by atoms with Gasteiger partial charge in [0, 0.05) is 41.8 Å². The molecule has 2 heterocycles. The van der Waals surface area contributed by atoms with Gasteiger partial charge in [-0.3, -0.25) is 0 Å². The molecule has 0 saturated heterocycles. The molecular formula is C29H27N3O3S. The number of sulfonamides is 1. The number of rotatable bonds is 6. The lowest BCUT2D eigenvalue weighted by Crippen LogP contribution is -2.34. The number of nitriles is 1. The van der Waals surface area contributed by atoms with Crippen molar-refractivity contribution in [3.63, 3.8) is 0 Å². The molecule has 0 N–H and O–H groups in total. The molecule has 0 radical (unpaired) electrons. The van der Waals surface area contributed by atoms with Gasteiger partial charge in [0.25, 0.3) is 0 Å². The predicted octanol–water partition coefficient (Wildman–Crippen LogP) is 5.36. The molecular weight excluding hydrogens is 470 g/mol. The number of hydrogen-bond acceptors (Lipinski definition) is 4. The Bertz CT molecular complexity index is 1610. The maximum absolute atomic E-state index is 13.2. The molecule has 182 valence electrons. The van der Waals surface area contributed by atoms with Crippen molar-refractivity contribution in [3.8, 4) is 11.8 Å². The first-order valence-electron chi connectivity index (χ1n) is 11.8. The van der Waals surface area contributed by atoms with Crippen LogP contribution in [0.25, 0.3) is 16.5 Å². The van der Waals surface area contributed by atoms with Gasteiger partial charge in [-0.2, -0.15) is 9.57 Å². The number of aromatic nitrogens is 1. The topological polar surface area (TPSA) is 75.3 Å². The lowest BCUT2D eigenvalue weighted by atomic mass is 9.97. The normalized spacial score (nSPS) is 14.4. The monoisotopic (exact) mass is 497 g/mol. The van der Waals surface area contributed by atoms with Crippen molar-refractivity contribution in [2.45, 2.75) is 24.8 Å². The number of fused-ring (bicyclic) bond motifs is 1. The first-order valence-corrected chi connectivity index (χ1v) is 13.3. The average Bonchev–Trinajstić information content (AvgIpc) is 3.20. The number of methoxy groups -OCH3 is 1. The van der Waals surface area contributed by atoms with E-state index < -0.39 is 10.0 Å². The van der Waals surface area contributed by atoms with E-state index in [0.29, 0.717) is 25.1 Å². The molecule has 6 nitrogen and oxygen atoms in total. The lowest BCUT2D eigenvalue weighted by molar-refractivity contribution is 0.414. The molecule has 36 heavy (non-hydrogen) atoms. The van der Waals surface area contributed by atoms with Crippen molar-refractivity contribution >= 4 is 26.5 Å². The minimum absolute atomic E-state index is 0.158. The molecule has 7 heteroatoms. The maximum atomic E-state index is 13.2. The second-order valence-electron chi connectivity index (χ2n) is 8.89. The maximum Gasteiger partial charge on any atom is 0.243 e. The third-order valence-corrected chi connectivity index (χ3v) is 8.69. The summed E-state index contributed by atoms with van der Waals surface area (Å²) in [5, 5.41) is 10.3. The number of benzene rings is 3. The Labute approximate surface area is 211 Å². The van der Waals surface area contributed by atoms with Gasteiger partial charge in [-0.15, -0.1) is 0 Å². The van der Waals surface area contributed by atoms with Gasteiger partial charge in [0.2, 0.25) is 10.0 Å². The van der Waals surface area contributed by atoms with E-state index in [1.807, 2.05) is 30.3 Å². The summed E-state index contributed by atoms with van der Waals surface area (Å²) in [6.45, 7) is 3.56. The summed E-state index contributed by atoms with van der Waals surface area (Å²) >= 11 is 0. The van der Waals surface area contributed by atoms with Crippen LogP contribution < -0.4 is 4.74 Å². The predicted molar refractivity (Wildman–Crippen MR) is 141 cm³/mol. The third kappa shape index (κ3) is 4.30. The molecule has 0 saturated carbocycles. The Balaban J connectivity index is 1.47. The molecule has 0 aliphatic carbocycles. The van der Waals surface area contributed by atoms with Crippen LogP contribution in [0.3, 0.4) is 0 Å². The minimum Gasteiger partial charge on any atom is -0.497 e. The molecule has 1 aromatic heterocycles. The zero-order valence-corrected chi connectivity index (χ0v) is 21.1. The molecule has 3 aromatic carbocycles. The molecule has 0 bridgehead atoms. The van der Waals surface area contributed by atoms with E-state index in [-0.39, 0.29) is 4.90 Å². The van der Waals surface area contributed by atoms with Crippen molar-refractivity contribution in [3.05, 3.63) is 101 Å². The Hall–Kier alpha value is -3.86. The number of hydrogen-bond donors (Lipinski definition) is 0. The highest BCUT2D eigenvalue weighted by Crippen LogP contribution is 2.36. The van der Waals surface area contributed by atoms with Gasteiger partial charge in [-0.1, -0.05) is 42.5 Å². The van der Waals surface area contributed by atoms with Gasteiger partial charge in [0.05, 0.1) is 23.6 Å². The second-order valence-corrected chi connectivity index (χ2v) is 10.8. The summed E-state index contributed by atoms with van der Waals surface area (Å²) < 4.78 is 35.5. The van der Waals surface area contributed by atoms with Crippen LogP contribution in [0.15, 0.2) is 83.8 Å². The Morgan fingerprint density at radius 3 is 2.50 bits per heavy atom. The molecule has 0 atom stereocenters. The first kappa shape index (κ1) is 23.9. The highest BCUT2D eigenvalue weighted by atomic mass is 32.2. The van der Waals surface area contributed by atoms with Crippen LogP contribution in [-0.4, -0.2) is 37.5 Å². The highest BCUT2D eigenvalue weighted by molar-refractivity contribution is 7.89. The van der Waals surface area contributed by atoms with E-state index in [1.165, 1.54) is 26.9 Å². The summed E-state index contributed by atoms with van der Waals surface area (Å²) in [5.41, 5.74) is 6.18. The lowest BCUT2D eigenvalue weighted by Gasteiger charge is -2.26. The standard InChI is InChI=1S/C29H27N3O3S/c1-21-29(24-14-16-31(17-15-24)36(33,34)26-7-5-6-23(18-26)19-30)27-8-3-4-9-28(27)32(21)20-22-10-12-25(35-2)13-11-22/h3-14,18H,15-17,20H2,1-2H3. The summed E-state index contributed by atoms with van der Waals surface area (Å²) in [7, 11) is -2.01. The Morgan fingerprint density at radius 1 is 1.03 bits per heavy atom. The van der Waals surface area contributed by atoms with Gasteiger partial charge >= 0.3 is 0 Å².